The van der Waals surface area contributed by atoms with E-state index in [4.69, 9.17) is 14.2 Å². The lowest BCUT2D eigenvalue weighted by Crippen LogP contribution is -2.05. The van der Waals surface area contributed by atoms with Gasteiger partial charge in [-0.15, -0.1) is 0 Å². The lowest BCUT2D eigenvalue weighted by Gasteiger charge is -2.10. The summed E-state index contributed by atoms with van der Waals surface area (Å²) in [5, 5.41) is 0.796. The first-order valence-corrected chi connectivity index (χ1v) is 6.83. The zero-order valence-corrected chi connectivity index (χ0v) is 12.8. The van der Waals surface area contributed by atoms with Gasteiger partial charge < -0.3 is 14.2 Å². The molecule has 0 spiro atoms. The van der Waals surface area contributed by atoms with Crippen LogP contribution in [0.15, 0.2) is 28.9 Å². The highest BCUT2D eigenvalue weighted by Crippen LogP contribution is 2.32. The van der Waals surface area contributed by atoms with Crippen LogP contribution in [0.25, 0.3) is 10.9 Å². The summed E-state index contributed by atoms with van der Waals surface area (Å²) in [6, 6.07) is 5.15. The quantitative estimate of drug-likeness (QED) is 0.618. The molecule has 0 N–H and O–H groups in total. The largest absolute Gasteiger partial charge is 0.466 e. The van der Waals surface area contributed by atoms with Crippen molar-refractivity contribution in [3.8, 4) is 5.75 Å². The van der Waals surface area contributed by atoms with E-state index in [1.807, 2.05) is 0 Å². The number of pyridine rings is 1. The van der Waals surface area contributed by atoms with E-state index >= 15 is 0 Å². The molecule has 0 aliphatic heterocycles. The number of nitrogens with zero attached hydrogens (tertiary/aromatic N) is 1. The molecule has 0 aliphatic rings. The van der Waals surface area contributed by atoms with Gasteiger partial charge in [-0.25, -0.2) is 4.79 Å². The fraction of sp³-hybridized carbons (Fsp3) is 0.286. The molecule has 1 heterocycles. The first kappa shape index (κ1) is 14.7. The average molecular weight is 340 g/mol. The van der Waals surface area contributed by atoms with Crippen LogP contribution < -0.4 is 4.74 Å². The van der Waals surface area contributed by atoms with Crippen molar-refractivity contribution in [3.63, 3.8) is 0 Å². The third kappa shape index (κ3) is 3.08. The summed E-state index contributed by atoms with van der Waals surface area (Å²) < 4.78 is 16.1. The molecule has 0 radical (unpaired) electrons. The van der Waals surface area contributed by atoms with Crippen molar-refractivity contribution in [2.24, 2.45) is 0 Å². The summed E-state index contributed by atoms with van der Waals surface area (Å²) in [6.45, 7) is 2.25. The zero-order valence-electron chi connectivity index (χ0n) is 11.2. The highest BCUT2D eigenvalue weighted by atomic mass is 79.9. The van der Waals surface area contributed by atoms with Gasteiger partial charge >= 0.3 is 5.97 Å². The maximum atomic E-state index is 11.7. The van der Waals surface area contributed by atoms with Gasteiger partial charge in [0.15, 0.2) is 6.79 Å². The van der Waals surface area contributed by atoms with Crippen LogP contribution in [-0.4, -0.2) is 31.5 Å². The van der Waals surface area contributed by atoms with E-state index < -0.39 is 0 Å². The van der Waals surface area contributed by atoms with E-state index in [1.54, 1.807) is 38.4 Å². The molecule has 2 rings (SSSR count). The summed E-state index contributed by atoms with van der Waals surface area (Å²) in [6.07, 6.45) is 1.63. The molecule has 0 saturated carbocycles. The van der Waals surface area contributed by atoms with E-state index in [-0.39, 0.29) is 12.8 Å². The van der Waals surface area contributed by atoms with Crippen LogP contribution in [0.5, 0.6) is 5.75 Å². The Kier molecular flexibility index (Phi) is 4.92. The van der Waals surface area contributed by atoms with Gasteiger partial charge in [-0.1, -0.05) is 0 Å². The summed E-state index contributed by atoms with van der Waals surface area (Å²) in [5.41, 5.74) is 1.12. The normalized spacial score (nSPS) is 10.6. The number of carbonyl (C=O) groups is 1. The monoisotopic (exact) mass is 339 g/mol. The van der Waals surface area contributed by atoms with Crippen LogP contribution in [0, 0.1) is 0 Å². The van der Waals surface area contributed by atoms with E-state index in [9.17, 15) is 4.79 Å². The van der Waals surface area contributed by atoms with Crippen molar-refractivity contribution < 1.29 is 19.0 Å². The lowest BCUT2D eigenvalue weighted by molar-refractivity contribution is 0.0513. The van der Waals surface area contributed by atoms with Crippen molar-refractivity contribution in [2.75, 3.05) is 20.5 Å². The molecule has 5 nitrogen and oxygen atoms in total. The Morgan fingerprint density at radius 3 is 2.90 bits per heavy atom. The number of hydrogen-bond acceptors (Lipinski definition) is 5. The summed E-state index contributed by atoms with van der Waals surface area (Å²) in [4.78, 5) is 16.0. The molecular weight excluding hydrogens is 326 g/mol. The van der Waals surface area contributed by atoms with Crippen LogP contribution in [-0.2, 0) is 9.47 Å². The molecule has 1 aromatic carbocycles. The number of ether oxygens (including phenoxy) is 3. The molecule has 0 aliphatic carbocycles. The Balaban J connectivity index is 2.44. The Morgan fingerprint density at radius 1 is 1.40 bits per heavy atom. The molecule has 0 bridgehead atoms. The molecule has 0 fully saturated rings. The smallest absolute Gasteiger partial charge is 0.338 e. The van der Waals surface area contributed by atoms with Crippen LogP contribution >= 0.6 is 15.9 Å². The minimum Gasteiger partial charge on any atom is -0.466 e. The van der Waals surface area contributed by atoms with Gasteiger partial charge in [-0.05, 0) is 41.1 Å². The van der Waals surface area contributed by atoms with Crippen molar-refractivity contribution in [3.05, 3.63) is 34.4 Å². The molecule has 20 heavy (non-hydrogen) atoms. The number of carbonyl (C=O) groups excluding carboxylic acids is 1. The number of hydrogen-bond donors (Lipinski definition) is 0. The summed E-state index contributed by atoms with van der Waals surface area (Å²) >= 11 is 3.39. The topological polar surface area (TPSA) is 57.7 Å². The maximum absolute atomic E-state index is 11.7. The van der Waals surface area contributed by atoms with Gasteiger partial charge in [0, 0.05) is 18.7 Å². The third-order valence-electron chi connectivity index (χ3n) is 2.61. The molecule has 0 saturated heterocycles. The molecule has 0 atom stereocenters. The van der Waals surface area contributed by atoms with Gasteiger partial charge in [0.05, 0.1) is 22.2 Å². The van der Waals surface area contributed by atoms with Crippen LogP contribution in [0.1, 0.15) is 17.3 Å². The summed E-state index contributed by atoms with van der Waals surface area (Å²) in [7, 11) is 1.55. The molecule has 0 unspecified atom stereocenters. The minimum absolute atomic E-state index is 0.136. The molecule has 2 aromatic rings. The van der Waals surface area contributed by atoms with Crippen molar-refractivity contribution in [1.82, 2.24) is 4.98 Å². The number of fused-ring (bicyclic) bond motifs is 1. The molecule has 106 valence electrons. The van der Waals surface area contributed by atoms with Gasteiger partial charge in [0.25, 0.3) is 0 Å². The number of methoxy groups -OCH3 is 1. The Morgan fingerprint density at radius 2 is 2.20 bits per heavy atom. The number of esters is 1. The number of aromatic nitrogens is 1. The fourth-order valence-electron chi connectivity index (χ4n) is 1.75. The second-order valence-electron chi connectivity index (χ2n) is 3.94. The van der Waals surface area contributed by atoms with Gasteiger partial charge in [-0.3, -0.25) is 4.98 Å². The molecule has 6 heteroatoms. The van der Waals surface area contributed by atoms with E-state index in [1.165, 1.54) is 0 Å². The fourth-order valence-corrected chi connectivity index (χ4v) is 2.18. The Bertz CT molecular complexity index is 630. The standard InChI is InChI=1S/C14H14BrNO4/c1-3-19-14(17)9-4-5-10-12(6-9)16-7-11(15)13(10)20-8-18-2/h4-7H,3,8H2,1-2H3. The molecule has 1 aromatic heterocycles. The van der Waals surface area contributed by atoms with Gasteiger partial charge in [0.2, 0.25) is 0 Å². The van der Waals surface area contributed by atoms with Crippen LogP contribution in [0.4, 0.5) is 0 Å². The second-order valence-corrected chi connectivity index (χ2v) is 4.79. The Hall–Kier alpha value is -1.66. The highest BCUT2D eigenvalue weighted by molar-refractivity contribution is 9.10. The van der Waals surface area contributed by atoms with Gasteiger partial charge in [0.1, 0.15) is 5.75 Å². The van der Waals surface area contributed by atoms with Crippen LogP contribution in [0.2, 0.25) is 0 Å². The van der Waals surface area contributed by atoms with Crippen LogP contribution in [0.3, 0.4) is 0 Å². The Labute approximate surface area is 125 Å². The average Bonchev–Trinajstić information content (AvgIpc) is 2.46. The van der Waals surface area contributed by atoms with Crippen molar-refractivity contribution in [2.45, 2.75) is 6.92 Å². The molecular formula is C14H14BrNO4. The third-order valence-corrected chi connectivity index (χ3v) is 3.17. The zero-order chi connectivity index (χ0) is 14.5. The predicted octanol–water partition coefficient (Wildman–Crippen LogP) is 3.16. The second kappa shape index (κ2) is 6.67. The SMILES string of the molecule is CCOC(=O)c1ccc2c(OCOC)c(Br)cnc2c1. The first-order chi connectivity index (χ1) is 9.67. The predicted molar refractivity (Wildman–Crippen MR) is 77.9 cm³/mol. The number of benzene rings is 1. The lowest BCUT2D eigenvalue weighted by atomic mass is 10.1. The number of halogens is 1. The van der Waals surface area contributed by atoms with Crippen molar-refractivity contribution in [1.29, 1.82) is 0 Å². The minimum atomic E-state index is -0.363. The van der Waals surface area contributed by atoms with Crippen molar-refractivity contribution >= 4 is 32.8 Å². The highest BCUT2D eigenvalue weighted by Gasteiger charge is 2.12. The van der Waals surface area contributed by atoms with E-state index in [0.717, 1.165) is 9.86 Å². The first-order valence-electron chi connectivity index (χ1n) is 6.04. The summed E-state index contributed by atoms with van der Waals surface area (Å²) in [5.74, 6) is 0.269. The van der Waals surface area contributed by atoms with E-state index in [0.29, 0.717) is 23.4 Å². The van der Waals surface area contributed by atoms with Gasteiger partial charge in [-0.2, -0.15) is 0 Å². The molecule has 0 amide bonds. The maximum Gasteiger partial charge on any atom is 0.338 e. The number of rotatable bonds is 5. The van der Waals surface area contributed by atoms with E-state index in [2.05, 4.69) is 20.9 Å².